The molecule has 0 aliphatic rings. The van der Waals surface area contributed by atoms with Gasteiger partial charge in [-0.15, -0.1) is 0 Å². The topological polar surface area (TPSA) is 114 Å². The summed E-state index contributed by atoms with van der Waals surface area (Å²) in [4.78, 5) is 23.1. The zero-order valence-corrected chi connectivity index (χ0v) is 14.1. The summed E-state index contributed by atoms with van der Waals surface area (Å²) in [5.41, 5.74) is 5.96. The number of hydrogen-bond donors (Lipinski definition) is 4. The molecule has 1 atom stereocenters. The molecule has 0 aromatic heterocycles. The quantitative estimate of drug-likeness (QED) is 0.463. The first-order valence-electron chi connectivity index (χ1n) is 8.30. The van der Waals surface area contributed by atoms with E-state index in [2.05, 4.69) is 17.6 Å². The summed E-state index contributed by atoms with van der Waals surface area (Å²) < 4.78 is 5.54. The Bertz CT molecular complexity index is 505. The van der Waals surface area contributed by atoms with Crippen molar-refractivity contribution >= 4 is 17.7 Å². The van der Waals surface area contributed by atoms with Crippen molar-refractivity contribution in [3.63, 3.8) is 0 Å². The van der Waals surface area contributed by atoms with Gasteiger partial charge in [-0.25, -0.2) is 9.59 Å². The lowest BCUT2D eigenvalue weighted by Crippen LogP contribution is -2.43. The molecule has 7 heteroatoms. The number of urea groups is 1. The summed E-state index contributed by atoms with van der Waals surface area (Å²) in [5, 5.41) is 14.2. The van der Waals surface area contributed by atoms with Crippen LogP contribution >= 0.6 is 0 Å². The molecule has 0 aliphatic heterocycles. The van der Waals surface area contributed by atoms with Gasteiger partial charge in [0.1, 0.15) is 11.8 Å². The molecule has 1 unspecified atom stereocenters. The van der Waals surface area contributed by atoms with Crippen molar-refractivity contribution in [2.45, 2.75) is 45.1 Å². The molecule has 0 bridgehead atoms. The lowest BCUT2D eigenvalue weighted by Gasteiger charge is -2.15. The Balaban J connectivity index is 2.46. The fraction of sp³-hybridized carbons (Fsp3) is 0.529. The third-order valence-electron chi connectivity index (χ3n) is 3.43. The molecule has 2 amide bonds. The summed E-state index contributed by atoms with van der Waals surface area (Å²) in [6.07, 6.45) is 3.78. The zero-order chi connectivity index (χ0) is 17.8. The fourth-order valence-electron chi connectivity index (χ4n) is 2.04. The van der Waals surface area contributed by atoms with Gasteiger partial charge in [-0.2, -0.15) is 0 Å². The maximum atomic E-state index is 11.9. The summed E-state index contributed by atoms with van der Waals surface area (Å²) in [5.74, 6) is -0.318. The van der Waals surface area contributed by atoms with E-state index in [1.165, 1.54) is 0 Å². The number of rotatable bonds is 11. The van der Waals surface area contributed by atoms with Gasteiger partial charge in [-0.1, -0.05) is 13.3 Å². The number of unbranched alkanes of at least 4 members (excludes halogenated alkanes) is 2. The molecule has 1 aromatic carbocycles. The van der Waals surface area contributed by atoms with Gasteiger partial charge < -0.3 is 26.2 Å². The molecule has 7 nitrogen and oxygen atoms in total. The summed E-state index contributed by atoms with van der Waals surface area (Å²) in [7, 11) is 0. The minimum atomic E-state index is -1.05. The smallest absolute Gasteiger partial charge is 0.326 e. The second-order valence-electron chi connectivity index (χ2n) is 5.50. The number of carbonyl (C=O) groups is 2. The SMILES string of the molecule is CCCCOc1ccc(NC(=O)NC(CCCCN)C(=O)O)cc1. The number of anilines is 1. The molecule has 0 radical (unpaired) electrons. The Hall–Kier alpha value is -2.28. The first-order valence-corrected chi connectivity index (χ1v) is 8.30. The monoisotopic (exact) mass is 337 g/mol. The highest BCUT2D eigenvalue weighted by Gasteiger charge is 2.19. The Morgan fingerprint density at radius 2 is 1.92 bits per heavy atom. The van der Waals surface area contributed by atoms with E-state index >= 15 is 0 Å². The Morgan fingerprint density at radius 3 is 2.50 bits per heavy atom. The van der Waals surface area contributed by atoms with Crippen molar-refractivity contribution in [3.05, 3.63) is 24.3 Å². The maximum Gasteiger partial charge on any atom is 0.326 e. The second-order valence-corrected chi connectivity index (χ2v) is 5.50. The third kappa shape index (κ3) is 7.82. The van der Waals surface area contributed by atoms with Crippen molar-refractivity contribution in [3.8, 4) is 5.75 Å². The molecule has 24 heavy (non-hydrogen) atoms. The molecule has 1 aromatic rings. The van der Waals surface area contributed by atoms with E-state index in [0.29, 0.717) is 31.7 Å². The minimum Gasteiger partial charge on any atom is -0.494 e. The van der Waals surface area contributed by atoms with E-state index in [-0.39, 0.29) is 0 Å². The van der Waals surface area contributed by atoms with Gasteiger partial charge in [0.25, 0.3) is 0 Å². The number of nitrogens with two attached hydrogens (primary N) is 1. The highest BCUT2D eigenvalue weighted by Crippen LogP contribution is 2.16. The van der Waals surface area contributed by atoms with E-state index < -0.39 is 18.0 Å². The largest absolute Gasteiger partial charge is 0.494 e. The van der Waals surface area contributed by atoms with Gasteiger partial charge >= 0.3 is 12.0 Å². The van der Waals surface area contributed by atoms with Crippen molar-refractivity contribution < 1.29 is 19.4 Å². The van der Waals surface area contributed by atoms with Crippen LogP contribution in [0.3, 0.4) is 0 Å². The first-order chi connectivity index (χ1) is 11.6. The number of benzene rings is 1. The minimum absolute atomic E-state index is 0.351. The maximum absolute atomic E-state index is 11.9. The molecule has 1 rings (SSSR count). The van der Waals surface area contributed by atoms with Crippen LogP contribution in [0.5, 0.6) is 5.75 Å². The normalized spacial score (nSPS) is 11.6. The van der Waals surface area contributed by atoms with Gasteiger partial charge in [-0.05, 0) is 56.5 Å². The molecular weight excluding hydrogens is 310 g/mol. The van der Waals surface area contributed by atoms with Crippen molar-refractivity contribution in [2.24, 2.45) is 5.73 Å². The first kappa shape index (κ1) is 19.8. The molecule has 0 spiro atoms. The van der Waals surface area contributed by atoms with E-state index in [1.54, 1.807) is 24.3 Å². The van der Waals surface area contributed by atoms with Gasteiger partial charge in [-0.3, -0.25) is 0 Å². The van der Waals surface area contributed by atoms with Crippen LogP contribution in [0, 0.1) is 0 Å². The van der Waals surface area contributed by atoms with Gasteiger partial charge in [0.15, 0.2) is 0 Å². The van der Waals surface area contributed by atoms with E-state index in [1.807, 2.05) is 0 Å². The lowest BCUT2D eigenvalue weighted by atomic mass is 10.1. The number of carbonyl (C=O) groups excluding carboxylic acids is 1. The summed E-state index contributed by atoms with van der Waals surface area (Å²) in [6, 6.07) is 5.49. The average Bonchev–Trinajstić information content (AvgIpc) is 2.56. The standard InChI is InChI=1S/C17H27N3O4/c1-2-3-12-24-14-9-7-13(8-10-14)19-17(23)20-15(16(21)22)6-4-5-11-18/h7-10,15H,2-6,11-12,18H2,1H3,(H,21,22)(H2,19,20,23). The average molecular weight is 337 g/mol. The van der Waals surface area contributed by atoms with Crippen LogP contribution in [0.15, 0.2) is 24.3 Å². The Labute approximate surface area is 142 Å². The molecular formula is C17H27N3O4. The number of amides is 2. The zero-order valence-electron chi connectivity index (χ0n) is 14.1. The van der Waals surface area contributed by atoms with Crippen LogP contribution in [0.1, 0.15) is 39.0 Å². The number of carboxylic acid groups (broad SMARTS) is 1. The van der Waals surface area contributed by atoms with E-state index in [9.17, 15) is 9.59 Å². The van der Waals surface area contributed by atoms with Crippen LogP contribution in [0.2, 0.25) is 0 Å². The Kier molecular flexibility index (Phi) is 9.29. The predicted molar refractivity (Wildman–Crippen MR) is 93.3 cm³/mol. The van der Waals surface area contributed by atoms with Crippen LogP contribution < -0.4 is 21.1 Å². The molecule has 134 valence electrons. The number of nitrogens with one attached hydrogen (secondary N) is 2. The number of carboxylic acids is 1. The molecule has 0 saturated heterocycles. The predicted octanol–water partition coefficient (Wildman–Crippen LogP) is 2.57. The van der Waals surface area contributed by atoms with Crippen LogP contribution in [-0.2, 0) is 4.79 Å². The number of hydrogen-bond acceptors (Lipinski definition) is 4. The summed E-state index contributed by atoms with van der Waals surface area (Å²) in [6.45, 7) is 3.26. The van der Waals surface area contributed by atoms with Gasteiger partial charge in [0.2, 0.25) is 0 Å². The van der Waals surface area contributed by atoms with E-state index in [0.717, 1.165) is 25.0 Å². The van der Waals surface area contributed by atoms with E-state index in [4.69, 9.17) is 15.6 Å². The van der Waals surface area contributed by atoms with Crippen molar-refractivity contribution in [2.75, 3.05) is 18.5 Å². The molecule has 0 heterocycles. The second kappa shape index (κ2) is 11.3. The van der Waals surface area contributed by atoms with Crippen molar-refractivity contribution in [1.82, 2.24) is 5.32 Å². The molecule has 0 fully saturated rings. The van der Waals surface area contributed by atoms with Gasteiger partial charge in [0, 0.05) is 5.69 Å². The highest BCUT2D eigenvalue weighted by atomic mass is 16.5. The number of ether oxygens (including phenoxy) is 1. The summed E-state index contributed by atoms with van der Waals surface area (Å²) >= 11 is 0. The Morgan fingerprint density at radius 1 is 1.21 bits per heavy atom. The van der Waals surface area contributed by atoms with Gasteiger partial charge in [0.05, 0.1) is 6.61 Å². The van der Waals surface area contributed by atoms with Crippen LogP contribution in [0.25, 0.3) is 0 Å². The van der Waals surface area contributed by atoms with Crippen LogP contribution in [0.4, 0.5) is 10.5 Å². The molecule has 0 aliphatic carbocycles. The highest BCUT2D eigenvalue weighted by molar-refractivity contribution is 5.92. The number of aliphatic carboxylic acids is 1. The molecule has 5 N–H and O–H groups in total. The third-order valence-corrected chi connectivity index (χ3v) is 3.43. The van der Waals surface area contributed by atoms with Crippen LogP contribution in [-0.4, -0.2) is 36.3 Å². The lowest BCUT2D eigenvalue weighted by molar-refractivity contribution is -0.139. The molecule has 0 saturated carbocycles. The fourth-order valence-corrected chi connectivity index (χ4v) is 2.04. The van der Waals surface area contributed by atoms with Crippen molar-refractivity contribution in [1.29, 1.82) is 0 Å².